The molecular weight excluding hydrogens is 338 g/mol. The van der Waals surface area contributed by atoms with Gasteiger partial charge in [0.1, 0.15) is 17.1 Å². The normalized spacial score (nSPS) is 17.6. The summed E-state index contributed by atoms with van der Waals surface area (Å²) in [4.78, 5) is 12.6. The number of rotatable bonds is 6. The third kappa shape index (κ3) is 4.26. The predicted molar refractivity (Wildman–Crippen MR) is 107 cm³/mol. The predicted octanol–water partition coefficient (Wildman–Crippen LogP) is 4.88. The van der Waals surface area contributed by atoms with Gasteiger partial charge in [0, 0.05) is 12.0 Å². The summed E-state index contributed by atoms with van der Waals surface area (Å²) in [6.07, 6.45) is 2.58. The van der Waals surface area contributed by atoms with E-state index in [2.05, 4.69) is 19.2 Å². The van der Waals surface area contributed by atoms with Crippen molar-refractivity contribution in [3.8, 4) is 11.5 Å². The first-order chi connectivity index (χ1) is 13.0. The lowest BCUT2D eigenvalue weighted by Gasteiger charge is -2.41. The van der Waals surface area contributed by atoms with Crippen molar-refractivity contribution in [2.45, 2.75) is 58.6 Å². The van der Waals surface area contributed by atoms with E-state index in [9.17, 15) is 4.79 Å². The average molecular weight is 367 g/mol. The Bertz CT molecular complexity index is 811. The second-order valence-corrected chi connectivity index (χ2v) is 7.41. The number of hydrogen-bond acceptors (Lipinski definition) is 3. The maximum Gasteiger partial charge on any atom is 0.258 e. The van der Waals surface area contributed by atoms with Gasteiger partial charge in [0.15, 0.2) is 6.61 Å². The van der Waals surface area contributed by atoms with E-state index >= 15 is 0 Å². The maximum absolute atomic E-state index is 12.6. The smallest absolute Gasteiger partial charge is 0.258 e. The van der Waals surface area contributed by atoms with Crippen molar-refractivity contribution in [3.05, 3.63) is 59.2 Å². The van der Waals surface area contributed by atoms with Gasteiger partial charge in [-0.1, -0.05) is 44.2 Å². The van der Waals surface area contributed by atoms with Crippen LogP contribution < -0.4 is 14.8 Å². The molecule has 2 aromatic rings. The third-order valence-electron chi connectivity index (χ3n) is 5.52. The summed E-state index contributed by atoms with van der Waals surface area (Å²) in [6.45, 7) is 8.29. The first-order valence-electron chi connectivity index (χ1n) is 9.73. The number of para-hydroxylation sites is 1. The average Bonchev–Trinajstić information content (AvgIpc) is 2.68. The first-order valence-corrected chi connectivity index (χ1v) is 9.73. The van der Waals surface area contributed by atoms with E-state index in [4.69, 9.17) is 9.47 Å². The Kier molecular flexibility index (Phi) is 5.73. The molecular formula is C23H29NO3. The van der Waals surface area contributed by atoms with Crippen molar-refractivity contribution in [3.63, 3.8) is 0 Å². The molecule has 0 radical (unpaired) electrons. The molecule has 1 aliphatic rings. The molecule has 1 amide bonds. The highest BCUT2D eigenvalue weighted by Crippen LogP contribution is 2.42. The number of hydrogen-bond donors (Lipinski definition) is 1. The van der Waals surface area contributed by atoms with Crippen molar-refractivity contribution in [1.82, 2.24) is 5.32 Å². The van der Waals surface area contributed by atoms with Crippen LogP contribution in [0.4, 0.5) is 0 Å². The van der Waals surface area contributed by atoms with Gasteiger partial charge in [-0.15, -0.1) is 0 Å². The van der Waals surface area contributed by atoms with Crippen molar-refractivity contribution in [2.75, 3.05) is 6.61 Å². The van der Waals surface area contributed by atoms with Crippen LogP contribution in [-0.4, -0.2) is 18.1 Å². The van der Waals surface area contributed by atoms with E-state index < -0.39 is 0 Å². The minimum absolute atomic E-state index is 0.00900. The summed E-state index contributed by atoms with van der Waals surface area (Å²) in [7, 11) is 0. The molecule has 0 saturated carbocycles. The minimum Gasteiger partial charge on any atom is -0.487 e. The molecule has 144 valence electrons. The van der Waals surface area contributed by atoms with Crippen LogP contribution in [0.2, 0.25) is 0 Å². The quantitative estimate of drug-likeness (QED) is 0.791. The molecule has 1 N–H and O–H groups in total. The van der Waals surface area contributed by atoms with Gasteiger partial charge in [-0.05, 0) is 49.9 Å². The number of carbonyl (C=O) groups excluding carboxylic acids is 1. The van der Waals surface area contributed by atoms with Crippen molar-refractivity contribution in [2.24, 2.45) is 0 Å². The largest absolute Gasteiger partial charge is 0.487 e. The molecule has 0 aromatic heterocycles. The standard InChI is InChI=1S/C23H29NO3/c1-5-23(6-2)14-19(18-9-7-8-10-20(18)27-23)24-22(25)15-26-21-13-16(3)11-12-17(21)4/h7-13,19H,5-6,14-15H2,1-4H3,(H,24,25)/t19-/m1/s1. The topological polar surface area (TPSA) is 47.6 Å². The fraction of sp³-hybridized carbons (Fsp3) is 0.435. The fourth-order valence-electron chi connectivity index (χ4n) is 3.67. The van der Waals surface area contributed by atoms with Crippen LogP contribution in [0.3, 0.4) is 0 Å². The highest BCUT2D eigenvalue weighted by Gasteiger charge is 2.38. The molecule has 0 bridgehead atoms. The SMILES string of the molecule is CCC1(CC)C[C@@H](NC(=O)COc2cc(C)ccc2C)c2ccccc2O1. The summed E-state index contributed by atoms with van der Waals surface area (Å²) in [5, 5.41) is 3.16. The van der Waals surface area contributed by atoms with Crippen molar-refractivity contribution < 1.29 is 14.3 Å². The van der Waals surface area contributed by atoms with Gasteiger partial charge in [-0.3, -0.25) is 4.79 Å². The van der Waals surface area contributed by atoms with Crippen LogP contribution in [0.25, 0.3) is 0 Å². The number of amides is 1. The maximum atomic E-state index is 12.6. The van der Waals surface area contributed by atoms with E-state index in [0.29, 0.717) is 0 Å². The number of benzene rings is 2. The van der Waals surface area contributed by atoms with E-state index in [1.165, 1.54) is 0 Å². The van der Waals surface area contributed by atoms with Crippen LogP contribution in [0, 0.1) is 13.8 Å². The molecule has 27 heavy (non-hydrogen) atoms. The van der Waals surface area contributed by atoms with Crippen LogP contribution in [0.15, 0.2) is 42.5 Å². The highest BCUT2D eigenvalue weighted by atomic mass is 16.5. The van der Waals surface area contributed by atoms with E-state index in [-0.39, 0.29) is 24.2 Å². The Balaban J connectivity index is 1.71. The molecule has 1 atom stereocenters. The third-order valence-corrected chi connectivity index (χ3v) is 5.52. The summed E-state index contributed by atoms with van der Waals surface area (Å²) in [6, 6.07) is 13.9. The van der Waals surface area contributed by atoms with Gasteiger partial charge in [-0.25, -0.2) is 0 Å². The Morgan fingerprint density at radius 3 is 2.67 bits per heavy atom. The summed E-state index contributed by atoms with van der Waals surface area (Å²) in [5.74, 6) is 1.51. The molecule has 0 saturated heterocycles. The molecule has 0 spiro atoms. The van der Waals surface area contributed by atoms with Gasteiger partial charge >= 0.3 is 0 Å². The molecule has 1 heterocycles. The zero-order chi connectivity index (χ0) is 19.4. The molecule has 1 aliphatic heterocycles. The molecule has 0 aliphatic carbocycles. The van der Waals surface area contributed by atoms with Crippen LogP contribution >= 0.6 is 0 Å². The lowest BCUT2D eigenvalue weighted by molar-refractivity contribution is -0.124. The van der Waals surface area contributed by atoms with Crippen LogP contribution in [0.5, 0.6) is 11.5 Å². The minimum atomic E-state index is -0.236. The molecule has 2 aromatic carbocycles. The molecule has 0 unspecified atom stereocenters. The summed E-state index contributed by atoms with van der Waals surface area (Å²) < 4.78 is 12.1. The number of ether oxygens (including phenoxy) is 2. The summed E-state index contributed by atoms with van der Waals surface area (Å²) >= 11 is 0. The monoisotopic (exact) mass is 367 g/mol. The Labute approximate surface area is 161 Å². The number of aryl methyl sites for hydroxylation is 2. The van der Waals surface area contributed by atoms with Crippen molar-refractivity contribution in [1.29, 1.82) is 0 Å². The molecule has 0 fully saturated rings. The van der Waals surface area contributed by atoms with Gasteiger partial charge in [-0.2, -0.15) is 0 Å². The molecule has 3 rings (SSSR count). The van der Waals surface area contributed by atoms with Gasteiger partial charge < -0.3 is 14.8 Å². The number of fused-ring (bicyclic) bond motifs is 1. The zero-order valence-corrected chi connectivity index (χ0v) is 16.7. The zero-order valence-electron chi connectivity index (χ0n) is 16.7. The Morgan fingerprint density at radius 1 is 1.19 bits per heavy atom. The van der Waals surface area contributed by atoms with E-state index in [1.54, 1.807) is 0 Å². The fourth-order valence-corrected chi connectivity index (χ4v) is 3.67. The Morgan fingerprint density at radius 2 is 1.93 bits per heavy atom. The first kappa shape index (κ1) is 19.3. The molecule has 4 heteroatoms. The van der Waals surface area contributed by atoms with Crippen molar-refractivity contribution >= 4 is 5.91 Å². The summed E-state index contributed by atoms with van der Waals surface area (Å²) in [5.41, 5.74) is 2.95. The van der Waals surface area contributed by atoms with Gasteiger partial charge in [0.25, 0.3) is 5.91 Å². The number of nitrogens with one attached hydrogen (secondary N) is 1. The molecule has 4 nitrogen and oxygen atoms in total. The van der Waals surface area contributed by atoms with Gasteiger partial charge in [0.2, 0.25) is 0 Å². The lowest BCUT2D eigenvalue weighted by atomic mass is 9.83. The second-order valence-electron chi connectivity index (χ2n) is 7.41. The second kappa shape index (κ2) is 8.03. The van der Waals surface area contributed by atoms with Crippen LogP contribution in [0.1, 0.15) is 55.8 Å². The Hall–Kier alpha value is -2.49. The lowest BCUT2D eigenvalue weighted by Crippen LogP contribution is -2.45. The van der Waals surface area contributed by atoms with Crippen LogP contribution in [-0.2, 0) is 4.79 Å². The van der Waals surface area contributed by atoms with E-state index in [1.807, 2.05) is 56.3 Å². The van der Waals surface area contributed by atoms with E-state index in [0.717, 1.165) is 47.5 Å². The highest BCUT2D eigenvalue weighted by molar-refractivity contribution is 5.78. The number of carbonyl (C=O) groups is 1. The van der Waals surface area contributed by atoms with Gasteiger partial charge in [0.05, 0.1) is 6.04 Å².